The zero-order valence-corrected chi connectivity index (χ0v) is 19.2. The first-order chi connectivity index (χ1) is 14.1. The van der Waals surface area contributed by atoms with E-state index < -0.39 is 30.4 Å². The zero-order valence-electron chi connectivity index (χ0n) is 15.6. The van der Waals surface area contributed by atoms with Crippen molar-refractivity contribution in [2.75, 3.05) is 0 Å². The molecule has 4 aromatic heterocycles. The first-order valence-corrected chi connectivity index (χ1v) is 10.8. The third-order valence-corrected chi connectivity index (χ3v) is 5.17. The molecule has 31 heavy (non-hydrogen) atoms. The van der Waals surface area contributed by atoms with Crippen LogP contribution in [0.2, 0.25) is 0 Å². The topological polar surface area (TPSA) is 187 Å². The van der Waals surface area contributed by atoms with Crippen LogP contribution >= 0.6 is 0 Å². The molecular formula is C16H10N4NaO8S2. The molecular weight excluding hydrogens is 463 g/mol. The standard InChI is InChI=1S/C16H10N4O8S2.Na/c21-29(22,23)12-6-4-10(27-12)14-15(11-5-7-13(28-11)30(24,25)26)19-20-16(18-14)9-3-1-2-8-17-9;/h1-8H,(H,21,22,23)(H,24,25,26);. The second kappa shape index (κ2) is 8.58. The van der Waals surface area contributed by atoms with Gasteiger partial charge < -0.3 is 8.83 Å². The van der Waals surface area contributed by atoms with Gasteiger partial charge in [-0.1, -0.05) is 6.07 Å². The third kappa shape index (κ3) is 4.90. The van der Waals surface area contributed by atoms with E-state index >= 15 is 0 Å². The molecule has 0 fully saturated rings. The minimum absolute atomic E-state index is 0. The Labute approximate surface area is 197 Å². The minimum atomic E-state index is -4.62. The van der Waals surface area contributed by atoms with E-state index in [1.165, 1.54) is 18.3 Å². The molecule has 0 aliphatic carbocycles. The average Bonchev–Trinajstić information content (AvgIpc) is 3.37. The number of aromatic nitrogens is 4. The molecule has 15 heteroatoms. The summed E-state index contributed by atoms with van der Waals surface area (Å²) in [6.07, 6.45) is 1.50. The second-order valence-corrected chi connectivity index (χ2v) is 8.44. The Kier molecular flexibility index (Phi) is 6.43. The van der Waals surface area contributed by atoms with Crippen molar-refractivity contribution in [3.63, 3.8) is 0 Å². The van der Waals surface area contributed by atoms with Crippen LogP contribution in [0.1, 0.15) is 0 Å². The maximum absolute atomic E-state index is 11.3. The van der Waals surface area contributed by atoms with Crippen molar-refractivity contribution in [3.05, 3.63) is 48.7 Å². The molecule has 0 saturated heterocycles. The SMILES string of the molecule is O=S(=O)(O)c1ccc(-c2nnc(-c3ccccn3)nc2-c2ccc(S(=O)(=O)O)o2)o1.[Na]. The van der Waals surface area contributed by atoms with Gasteiger partial charge in [0.15, 0.2) is 17.2 Å². The second-order valence-electron chi connectivity index (χ2n) is 5.74. The summed E-state index contributed by atoms with van der Waals surface area (Å²) >= 11 is 0. The van der Waals surface area contributed by atoms with Crippen LogP contribution in [0, 0.1) is 0 Å². The van der Waals surface area contributed by atoms with Crippen LogP contribution in [0.3, 0.4) is 0 Å². The van der Waals surface area contributed by atoms with E-state index in [9.17, 15) is 16.8 Å². The monoisotopic (exact) mass is 473 g/mol. The molecule has 4 heterocycles. The molecule has 0 unspecified atom stereocenters. The van der Waals surface area contributed by atoms with Gasteiger partial charge >= 0.3 is 20.2 Å². The Morgan fingerprint density at radius 3 is 1.81 bits per heavy atom. The Morgan fingerprint density at radius 2 is 1.32 bits per heavy atom. The summed E-state index contributed by atoms with van der Waals surface area (Å²) in [6.45, 7) is 0. The minimum Gasteiger partial charge on any atom is -0.441 e. The van der Waals surface area contributed by atoms with Gasteiger partial charge in [-0.15, -0.1) is 10.2 Å². The molecule has 0 bridgehead atoms. The van der Waals surface area contributed by atoms with Gasteiger partial charge in [-0.25, -0.2) is 4.98 Å². The molecule has 155 valence electrons. The van der Waals surface area contributed by atoms with Crippen LogP contribution in [0.15, 0.2) is 67.7 Å². The molecule has 1 radical (unpaired) electrons. The zero-order chi connectivity index (χ0) is 21.5. The van der Waals surface area contributed by atoms with E-state index in [0.29, 0.717) is 5.69 Å². The quantitative estimate of drug-likeness (QED) is 0.315. The molecule has 0 spiro atoms. The summed E-state index contributed by atoms with van der Waals surface area (Å²) in [7, 11) is -9.24. The predicted octanol–water partition coefficient (Wildman–Crippen LogP) is 1.57. The first-order valence-electron chi connectivity index (χ1n) is 7.94. The summed E-state index contributed by atoms with van der Waals surface area (Å²) < 4.78 is 73.8. The molecule has 0 aliphatic rings. The Morgan fingerprint density at radius 1 is 0.742 bits per heavy atom. The summed E-state index contributed by atoms with van der Waals surface area (Å²) in [6, 6.07) is 9.38. The first kappa shape index (κ1) is 23.2. The van der Waals surface area contributed by atoms with Crippen LogP contribution in [-0.2, 0) is 20.2 Å². The molecule has 0 saturated carbocycles. The Hall–Kier alpha value is -2.46. The van der Waals surface area contributed by atoms with Crippen LogP contribution in [0.5, 0.6) is 0 Å². The van der Waals surface area contributed by atoms with Crippen LogP contribution in [0.4, 0.5) is 0 Å². The van der Waals surface area contributed by atoms with Gasteiger partial charge in [0.2, 0.25) is 16.0 Å². The van der Waals surface area contributed by atoms with Gasteiger partial charge in [-0.2, -0.15) is 16.8 Å². The van der Waals surface area contributed by atoms with Crippen molar-refractivity contribution in [3.8, 4) is 34.4 Å². The molecule has 2 N–H and O–H groups in total. The van der Waals surface area contributed by atoms with Crippen molar-refractivity contribution >= 4 is 49.8 Å². The average molecular weight is 473 g/mol. The number of rotatable bonds is 5. The van der Waals surface area contributed by atoms with Crippen molar-refractivity contribution in [1.82, 2.24) is 20.2 Å². The van der Waals surface area contributed by atoms with Crippen molar-refractivity contribution in [2.45, 2.75) is 10.2 Å². The summed E-state index contributed by atoms with van der Waals surface area (Å²) in [5, 5.41) is 6.43. The maximum Gasteiger partial charge on any atom is 0.328 e. The number of hydrogen-bond donors (Lipinski definition) is 2. The van der Waals surface area contributed by atoms with E-state index in [0.717, 1.165) is 12.1 Å². The van der Waals surface area contributed by atoms with E-state index in [-0.39, 0.29) is 58.3 Å². The molecule has 4 aromatic rings. The normalized spacial score (nSPS) is 11.8. The van der Waals surface area contributed by atoms with E-state index in [1.54, 1.807) is 18.2 Å². The van der Waals surface area contributed by atoms with Crippen LogP contribution < -0.4 is 0 Å². The van der Waals surface area contributed by atoms with Crippen molar-refractivity contribution in [1.29, 1.82) is 0 Å². The predicted molar refractivity (Wildman–Crippen MR) is 104 cm³/mol. The summed E-state index contributed by atoms with van der Waals surface area (Å²) in [5.74, 6) is -0.217. The summed E-state index contributed by atoms with van der Waals surface area (Å²) in [5.41, 5.74) is 0.162. The maximum atomic E-state index is 11.3. The number of hydrogen-bond acceptors (Lipinski definition) is 10. The van der Waals surface area contributed by atoms with Crippen molar-refractivity contribution in [2.24, 2.45) is 0 Å². The fourth-order valence-corrected chi connectivity index (χ4v) is 3.31. The number of nitrogens with zero attached hydrogens (tertiary/aromatic N) is 4. The fraction of sp³-hybridized carbons (Fsp3) is 0. The Bertz CT molecular complexity index is 1450. The summed E-state index contributed by atoms with van der Waals surface area (Å²) in [4.78, 5) is 8.38. The molecule has 0 aliphatic heterocycles. The van der Waals surface area contributed by atoms with Gasteiger partial charge in [0.05, 0.1) is 0 Å². The molecule has 0 amide bonds. The number of pyridine rings is 1. The van der Waals surface area contributed by atoms with Crippen molar-refractivity contribution < 1.29 is 34.8 Å². The molecule has 0 aromatic carbocycles. The van der Waals surface area contributed by atoms with Gasteiger partial charge in [0.25, 0.3) is 0 Å². The number of furan rings is 2. The van der Waals surface area contributed by atoms with Gasteiger partial charge in [-0.05, 0) is 36.4 Å². The molecule has 12 nitrogen and oxygen atoms in total. The van der Waals surface area contributed by atoms with Crippen LogP contribution in [0.25, 0.3) is 34.4 Å². The van der Waals surface area contributed by atoms with Gasteiger partial charge in [-0.3, -0.25) is 14.1 Å². The van der Waals surface area contributed by atoms with E-state index in [4.69, 9.17) is 17.9 Å². The van der Waals surface area contributed by atoms with E-state index in [2.05, 4.69) is 20.2 Å². The molecule has 4 rings (SSSR count). The third-order valence-electron chi connectivity index (χ3n) is 3.72. The molecule has 0 atom stereocenters. The van der Waals surface area contributed by atoms with Gasteiger partial charge in [0, 0.05) is 35.8 Å². The smallest absolute Gasteiger partial charge is 0.328 e. The van der Waals surface area contributed by atoms with Gasteiger partial charge in [0.1, 0.15) is 11.4 Å². The Balaban J connectivity index is 0.00000272. The van der Waals surface area contributed by atoms with Crippen LogP contribution in [-0.4, -0.2) is 75.7 Å². The largest absolute Gasteiger partial charge is 0.441 e. The van der Waals surface area contributed by atoms with E-state index in [1.807, 2.05) is 0 Å². The fourth-order valence-electron chi connectivity index (χ4n) is 2.44.